The van der Waals surface area contributed by atoms with Gasteiger partial charge in [0.2, 0.25) is 0 Å². The van der Waals surface area contributed by atoms with Crippen LogP contribution in [0.15, 0.2) is 48.5 Å². The number of anilines is 1. The van der Waals surface area contributed by atoms with Gasteiger partial charge in [-0.25, -0.2) is 4.39 Å². The van der Waals surface area contributed by atoms with Crippen LogP contribution in [0.5, 0.6) is 11.8 Å². The van der Waals surface area contributed by atoms with Crippen molar-refractivity contribution in [3.8, 4) is 22.9 Å². The number of hydrogen-bond donors (Lipinski definition) is 2. The Kier molecular flexibility index (Phi) is 6.05. The lowest BCUT2D eigenvalue weighted by atomic mass is 9.79. The number of ether oxygens (including phenoxy) is 1. The Morgan fingerprint density at radius 1 is 0.974 bits per heavy atom. The smallest absolute Gasteiger partial charge is 0.319 e. The molecule has 3 aliphatic rings. The zero-order valence-corrected chi connectivity index (χ0v) is 22.4. The molecule has 7 rings (SSSR count). The third-order valence-corrected chi connectivity index (χ3v) is 8.93. The molecule has 0 amide bonds. The summed E-state index contributed by atoms with van der Waals surface area (Å²) in [5.41, 5.74) is 1.02. The summed E-state index contributed by atoms with van der Waals surface area (Å²) in [4.78, 5) is 14.0. The van der Waals surface area contributed by atoms with Gasteiger partial charge in [-0.3, -0.25) is 0 Å². The predicted octanol–water partition coefficient (Wildman–Crippen LogP) is 4.95. The number of hydrogen-bond acceptors (Lipinski definition) is 7. The first-order valence-corrected chi connectivity index (χ1v) is 14.0. The number of nitrogens with one attached hydrogen (secondary N) is 1. The van der Waals surface area contributed by atoms with Crippen molar-refractivity contribution in [2.24, 2.45) is 5.92 Å². The Balaban J connectivity index is 1.34. The summed E-state index contributed by atoms with van der Waals surface area (Å²) in [6.45, 7) is 2.15. The van der Waals surface area contributed by atoms with Crippen molar-refractivity contribution >= 4 is 27.5 Å². The van der Waals surface area contributed by atoms with Crippen molar-refractivity contribution in [3.63, 3.8) is 0 Å². The van der Waals surface area contributed by atoms with E-state index in [2.05, 4.69) is 34.2 Å². The number of fused-ring (bicyclic) bond motifs is 4. The molecule has 4 aromatic rings. The second-order valence-electron chi connectivity index (χ2n) is 11.6. The maximum atomic E-state index is 16.5. The van der Waals surface area contributed by atoms with Crippen LogP contribution in [-0.2, 0) is 0 Å². The molecule has 3 fully saturated rings. The SMILES string of the molecule is CN(C)[C@@H]1CC[C@@H]1COc1nc(N2CC3CCC(C2)N3)c2ccc(-c3c(O)ccc4ccccc34)c(F)c2n1. The normalized spacial score (nSPS) is 24.5. The molecule has 0 radical (unpaired) electrons. The summed E-state index contributed by atoms with van der Waals surface area (Å²) in [7, 11) is 4.19. The van der Waals surface area contributed by atoms with E-state index in [1.807, 2.05) is 36.4 Å². The summed E-state index contributed by atoms with van der Waals surface area (Å²) in [6, 6.07) is 16.3. The molecule has 3 aromatic carbocycles. The van der Waals surface area contributed by atoms with Crippen LogP contribution in [0, 0.1) is 11.7 Å². The van der Waals surface area contributed by atoms with Gasteiger partial charge in [0, 0.05) is 53.6 Å². The van der Waals surface area contributed by atoms with Crippen molar-refractivity contribution in [2.75, 3.05) is 38.7 Å². The number of halogens is 1. The first kappa shape index (κ1) is 24.5. The maximum absolute atomic E-state index is 16.5. The largest absolute Gasteiger partial charge is 0.507 e. The van der Waals surface area contributed by atoms with Crippen LogP contribution in [0.2, 0.25) is 0 Å². The van der Waals surface area contributed by atoms with Crippen molar-refractivity contribution in [1.82, 2.24) is 20.2 Å². The molecular weight excluding hydrogens is 493 g/mol. The first-order chi connectivity index (χ1) is 19.0. The number of piperazine rings is 1. The lowest BCUT2D eigenvalue weighted by molar-refractivity contribution is 0.0613. The van der Waals surface area contributed by atoms with Gasteiger partial charge in [-0.1, -0.05) is 36.4 Å². The molecule has 202 valence electrons. The van der Waals surface area contributed by atoms with Crippen molar-refractivity contribution in [2.45, 2.75) is 43.8 Å². The van der Waals surface area contributed by atoms with Crippen LogP contribution in [0.25, 0.3) is 32.8 Å². The van der Waals surface area contributed by atoms with Crippen LogP contribution in [-0.4, -0.2) is 71.9 Å². The number of rotatable bonds is 6. The minimum absolute atomic E-state index is 0.0380. The zero-order chi connectivity index (χ0) is 26.7. The van der Waals surface area contributed by atoms with Gasteiger partial charge in [0.1, 0.15) is 17.1 Å². The lowest BCUT2D eigenvalue weighted by Crippen LogP contribution is -2.51. The van der Waals surface area contributed by atoms with Gasteiger partial charge in [-0.15, -0.1) is 0 Å². The van der Waals surface area contributed by atoms with E-state index in [0.717, 1.165) is 55.4 Å². The highest BCUT2D eigenvalue weighted by molar-refractivity contribution is 6.02. The fraction of sp³-hybridized carbons (Fsp3) is 0.419. The second-order valence-corrected chi connectivity index (χ2v) is 11.6. The summed E-state index contributed by atoms with van der Waals surface area (Å²) < 4.78 is 22.7. The van der Waals surface area contributed by atoms with E-state index in [0.29, 0.717) is 47.2 Å². The summed E-state index contributed by atoms with van der Waals surface area (Å²) in [6.07, 6.45) is 4.53. The highest BCUT2D eigenvalue weighted by Crippen LogP contribution is 2.41. The van der Waals surface area contributed by atoms with Gasteiger partial charge in [0.15, 0.2) is 5.82 Å². The highest BCUT2D eigenvalue weighted by Gasteiger charge is 2.35. The number of aromatic nitrogens is 2. The molecule has 3 heterocycles. The third-order valence-electron chi connectivity index (χ3n) is 8.93. The Morgan fingerprint density at radius 3 is 2.51 bits per heavy atom. The summed E-state index contributed by atoms with van der Waals surface area (Å²) >= 11 is 0. The Hall–Kier alpha value is -3.49. The van der Waals surface area contributed by atoms with Crippen LogP contribution in [0.1, 0.15) is 25.7 Å². The van der Waals surface area contributed by atoms with Gasteiger partial charge in [-0.05, 0) is 62.7 Å². The van der Waals surface area contributed by atoms with E-state index in [1.165, 1.54) is 0 Å². The predicted molar refractivity (Wildman–Crippen MR) is 152 cm³/mol. The molecule has 4 atom stereocenters. The molecule has 0 spiro atoms. The van der Waals surface area contributed by atoms with Crippen molar-refractivity contribution < 1.29 is 14.2 Å². The van der Waals surface area contributed by atoms with E-state index in [4.69, 9.17) is 9.72 Å². The summed E-state index contributed by atoms with van der Waals surface area (Å²) in [5.74, 6) is 0.692. The van der Waals surface area contributed by atoms with Crippen LogP contribution >= 0.6 is 0 Å². The Morgan fingerprint density at radius 2 is 1.77 bits per heavy atom. The molecule has 8 heteroatoms. The van der Waals surface area contributed by atoms with Gasteiger partial charge in [0.25, 0.3) is 0 Å². The average molecular weight is 528 g/mol. The van der Waals surface area contributed by atoms with E-state index < -0.39 is 5.82 Å². The Labute approximate surface area is 227 Å². The standard InChI is InChI=1S/C31H34FN5O2/c1-36(2)25-13-7-19(25)17-39-31-34-29-24(30(35-31)37-15-20-9-10-21(16-37)33-20)12-11-23(28(29)32)27-22-6-4-3-5-18(22)8-14-26(27)38/h3-6,8,11-12,14,19-21,25,33,38H,7,9-10,13,15-17H2,1-2H3/t19-,20?,21?,25-/m1/s1. The fourth-order valence-electron chi connectivity index (χ4n) is 6.74. The van der Waals surface area contributed by atoms with Crippen molar-refractivity contribution in [3.05, 3.63) is 54.3 Å². The van der Waals surface area contributed by atoms with E-state index >= 15 is 4.39 Å². The molecule has 2 N–H and O–H groups in total. The van der Waals surface area contributed by atoms with Gasteiger partial charge < -0.3 is 25.0 Å². The number of aromatic hydroxyl groups is 1. The monoisotopic (exact) mass is 527 g/mol. The minimum Gasteiger partial charge on any atom is -0.507 e. The molecule has 39 heavy (non-hydrogen) atoms. The maximum Gasteiger partial charge on any atom is 0.319 e. The van der Waals surface area contributed by atoms with E-state index in [9.17, 15) is 5.11 Å². The van der Waals surface area contributed by atoms with Crippen LogP contribution in [0.4, 0.5) is 10.2 Å². The van der Waals surface area contributed by atoms with Crippen LogP contribution < -0.4 is 15.0 Å². The number of nitrogens with zero attached hydrogens (tertiary/aromatic N) is 4. The molecule has 1 aromatic heterocycles. The molecule has 1 aliphatic carbocycles. The molecule has 2 unspecified atom stereocenters. The lowest BCUT2D eigenvalue weighted by Gasteiger charge is -2.40. The van der Waals surface area contributed by atoms with Gasteiger partial charge >= 0.3 is 6.01 Å². The third kappa shape index (κ3) is 4.26. The topological polar surface area (TPSA) is 73.8 Å². The quantitative estimate of drug-likeness (QED) is 0.367. The van der Waals surface area contributed by atoms with Gasteiger partial charge in [0.05, 0.1) is 6.61 Å². The Bertz CT molecular complexity index is 1550. The number of phenols is 1. The van der Waals surface area contributed by atoms with Gasteiger partial charge in [-0.2, -0.15) is 9.97 Å². The molecule has 2 aliphatic heterocycles. The summed E-state index contributed by atoms with van der Waals surface area (Å²) in [5, 5.41) is 16.9. The van der Waals surface area contributed by atoms with Crippen LogP contribution in [0.3, 0.4) is 0 Å². The van der Waals surface area contributed by atoms with E-state index in [1.54, 1.807) is 12.1 Å². The second kappa shape index (κ2) is 9.61. The van der Waals surface area contributed by atoms with Crippen molar-refractivity contribution in [1.29, 1.82) is 0 Å². The molecular formula is C31H34FN5O2. The van der Waals surface area contributed by atoms with E-state index in [-0.39, 0.29) is 17.3 Å². The highest BCUT2D eigenvalue weighted by atomic mass is 19.1. The molecule has 1 saturated carbocycles. The minimum atomic E-state index is -0.472. The molecule has 2 bridgehead atoms. The molecule has 2 saturated heterocycles. The fourth-order valence-corrected chi connectivity index (χ4v) is 6.74. The average Bonchev–Trinajstić information content (AvgIpc) is 3.25. The number of benzene rings is 3. The molecule has 7 nitrogen and oxygen atoms in total. The first-order valence-electron chi connectivity index (χ1n) is 14.0. The zero-order valence-electron chi connectivity index (χ0n) is 22.4. The number of phenolic OH excluding ortho intramolecular Hbond substituents is 1.